The first-order chi connectivity index (χ1) is 9.06. The van der Waals surface area contributed by atoms with E-state index in [0.717, 1.165) is 0 Å². The molecule has 5 nitrogen and oxygen atoms in total. The van der Waals surface area contributed by atoms with Gasteiger partial charge in [-0.1, -0.05) is 17.8 Å². The highest BCUT2D eigenvalue weighted by Crippen LogP contribution is 2.24. The molecule has 19 heavy (non-hydrogen) atoms. The number of aromatic nitrogens is 2. The van der Waals surface area contributed by atoms with E-state index in [9.17, 15) is 4.79 Å². The topological polar surface area (TPSA) is 59.2 Å². The Bertz CT molecular complexity index is 537. The smallest absolute Gasteiger partial charge is 0.277 e. The van der Waals surface area contributed by atoms with Crippen LogP contribution in [-0.4, -0.2) is 40.3 Å². The summed E-state index contributed by atoms with van der Waals surface area (Å²) < 4.78 is 5.53. The minimum Gasteiger partial charge on any atom is -0.416 e. The van der Waals surface area contributed by atoms with Gasteiger partial charge in [0.15, 0.2) is 0 Å². The van der Waals surface area contributed by atoms with Crippen molar-refractivity contribution in [3.05, 3.63) is 28.3 Å². The van der Waals surface area contributed by atoms with Gasteiger partial charge in [0, 0.05) is 19.0 Å². The van der Waals surface area contributed by atoms with Gasteiger partial charge in [0.25, 0.3) is 5.22 Å². The second-order valence-electron chi connectivity index (χ2n) is 4.21. The van der Waals surface area contributed by atoms with Crippen LogP contribution in [0.2, 0.25) is 0 Å². The summed E-state index contributed by atoms with van der Waals surface area (Å²) >= 11 is 2.94. The van der Waals surface area contributed by atoms with Gasteiger partial charge in [-0.3, -0.25) is 4.79 Å². The summed E-state index contributed by atoms with van der Waals surface area (Å²) in [6.07, 6.45) is 0.640. The van der Waals surface area contributed by atoms with Crippen molar-refractivity contribution in [2.45, 2.75) is 23.8 Å². The van der Waals surface area contributed by atoms with Crippen molar-refractivity contribution in [2.24, 2.45) is 0 Å². The minimum atomic E-state index is -0.231. The van der Waals surface area contributed by atoms with E-state index in [1.807, 2.05) is 24.4 Å². The number of hydrogen-bond acceptors (Lipinski definition) is 6. The molecule has 2 aromatic rings. The molecule has 1 amide bonds. The Morgan fingerprint density at radius 2 is 2.32 bits per heavy atom. The molecule has 0 N–H and O–H groups in total. The first kappa shape index (κ1) is 14.1. The number of nitrogens with zero attached hydrogens (tertiary/aromatic N) is 3. The lowest BCUT2D eigenvalue weighted by molar-refractivity contribution is -0.127. The van der Waals surface area contributed by atoms with Crippen molar-refractivity contribution in [2.75, 3.05) is 14.1 Å². The minimum absolute atomic E-state index is 0.0306. The second-order valence-corrected chi connectivity index (χ2v) is 6.53. The van der Waals surface area contributed by atoms with E-state index in [2.05, 4.69) is 10.2 Å². The predicted octanol–water partition coefficient (Wildman–Crippen LogP) is 2.29. The van der Waals surface area contributed by atoms with Crippen LogP contribution in [0.3, 0.4) is 0 Å². The lowest BCUT2D eigenvalue weighted by atomic mass is 10.3. The lowest BCUT2D eigenvalue weighted by Gasteiger charge is -2.14. The monoisotopic (exact) mass is 297 g/mol. The third kappa shape index (κ3) is 3.81. The summed E-state index contributed by atoms with van der Waals surface area (Å²) in [6, 6.07) is 4.02. The highest BCUT2D eigenvalue weighted by molar-refractivity contribution is 8.00. The Labute approximate surface area is 120 Å². The summed E-state index contributed by atoms with van der Waals surface area (Å²) in [5.74, 6) is 0.609. The van der Waals surface area contributed by atoms with E-state index < -0.39 is 0 Å². The lowest BCUT2D eigenvalue weighted by Crippen LogP contribution is -2.29. The maximum atomic E-state index is 11.7. The SMILES string of the molecule is C[C@H](Sc1nnc(Cc2cccs2)o1)C(=O)N(C)C. The molecular formula is C12H15N3O2S2. The van der Waals surface area contributed by atoms with Crippen LogP contribution in [0.15, 0.2) is 27.2 Å². The van der Waals surface area contributed by atoms with Gasteiger partial charge in [-0.2, -0.15) is 0 Å². The van der Waals surface area contributed by atoms with Crippen molar-refractivity contribution >= 4 is 29.0 Å². The average molecular weight is 297 g/mol. The van der Waals surface area contributed by atoms with Gasteiger partial charge in [0.2, 0.25) is 11.8 Å². The molecule has 2 aromatic heterocycles. The van der Waals surface area contributed by atoms with Crippen molar-refractivity contribution in [1.29, 1.82) is 0 Å². The van der Waals surface area contributed by atoms with Crippen LogP contribution in [0.4, 0.5) is 0 Å². The largest absolute Gasteiger partial charge is 0.416 e. The molecule has 0 saturated carbocycles. The van der Waals surface area contributed by atoms with Crippen LogP contribution in [0.1, 0.15) is 17.7 Å². The van der Waals surface area contributed by atoms with Gasteiger partial charge in [0.1, 0.15) is 0 Å². The van der Waals surface area contributed by atoms with Crippen molar-refractivity contribution in [1.82, 2.24) is 15.1 Å². The van der Waals surface area contributed by atoms with Crippen molar-refractivity contribution in [3.63, 3.8) is 0 Å². The predicted molar refractivity (Wildman–Crippen MR) is 75.4 cm³/mol. The summed E-state index contributed by atoms with van der Waals surface area (Å²) in [5, 5.41) is 10.2. The molecule has 0 radical (unpaired) electrons. The average Bonchev–Trinajstić information content (AvgIpc) is 3.00. The Morgan fingerprint density at radius 1 is 1.53 bits per heavy atom. The van der Waals surface area contributed by atoms with E-state index >= 15 is 0 Å². The number of thioether (sulfide) groups is 1. The van der Waals surface area contributed by atoms with Gasteiger partial charge >= 0.3 is 0 Å². The van der Waals surface area contributed by atoms with Gasteiger partial charge < -0.3 is 9.32 Å². The number of rotatable bonds is 5. The Balaban J connectivity index is 1.95. The first-order valence-electron chi connectivity index (χ1n) is 5.79. The molecule has 2 rings (SSSR count). The maximum absolute atomic E-state index is 11.7. The first-order valence-corrected chi connectivity index (χ1v) is 7.55. The van der Waals surface area contributed by atoms with E-state index in [0.29, 0.717) is 17.5 Å². The molecule has 0 saturated heterocycles. The van der Waals surface area contributed by atoms with Crippen molar-refractivity contribution < 1.29 is 9.21 Å². The summed E-state index contributed by atoms with van der Waals surface area (Å²) in [5.41, 5.74) is 0. The molecular weight excluding hydrogens is 282 g/mol. The molecule has 2 heterocycles. The molecule has 0 spiro atoms. The Kier molecular flexibility index (Phi) is 4.60. The van der Waals surface area contributed by atoms with E-state index in [1.165, 1.54) is 16.6 Å². The van der Waals surface area contributed by atoms with Gasteiger partial charge in [-0.05, 0) is 18.4 Å². The quantitative estimate of drug-likeness (QED) is 0.793. The fourth-order valence-electron chi connectivity index (χ4n) is 1.48. The van der Waals surface area contributed by atoms with Crippen LogP contribution < -0.4 is 0 Å². The maximum Gasteiger partial charge on any atom is 0.277 e. The highest BCUT2D eigenvalue weighted by atomic mass is 32.2. The zero-order chi connectivity index (χ0) is 13.8. The zero-order valence-corrected chi connectivity index (χ0v) is 12.6. The molecule has 0 bridgehead atoms. The third-order valence-corrected chi connectivity index (χ3v) is 4.22. The fourth-order valence-corrected chi connectivity index (χ4v) is 3.03. The van der Waals surface area contributed by atoms with Crippen molar-refractivity contribution in [3.8, 4) is 0 Å². The normalized spacial score (nSPS) is 12.4. The van der Waals surface area contributed by atoms with E-state index in [-0.39, 0.29) is 11.2 Å². The summed E-state index contributed by atoms with van der Waals surface area (Å²) in [6.45, 7) is 1.83. The van der Waals surface area contributed by atoms with E-state index in [1.54, 1.807) is 30.3 Å². The van der Waals surface area contributed by atoms with Crippen LogP contribution >= 0.6 is 23.1 Å². The number of carbonyl (C=O) groups excluding carboxylic acids is 1. The number of thiophene rings is 1. The molecule has 102 valence electrons. The van der Waals surface area contributed by atoms with Crippen LogP contribution in [-0.2, 0) is 11.2 Å². The van der Waals surface area contributed by atoms with Crippen LogP contribution in [0.25, 0.3) is 0 Å². The fraction of sp³-hybridized carbons (Fsp3) is 0.417. The zero-order valence-electron chi connectivity index (χ0n) is 11.0. The molecule has 0 aliphatic heterocycles. The highest BCUT2D eigenvalue weighted by Gasteiger charge is 2.19. The summed E-state index contributed by atoms with van der Waals surface area (Å²) in [4.78, 5) is 14.5. The Morgan fingerprint density at radius 3 is 2.95 bits per heavy atom. The number of amides is 1. The van der Waals surface area contributed by atoms with E-state index in [4.69, 9.17) is 4.42 Å². The third-order valence-electron chi connectivity index (χ3n) is 2.42. The standard InChI is InChI=1S/C12H15N3O2S2/c1-8(11(16)15(2)3)19-12-14-13-10(17-12)7-9-5-4-6-18-9/h4-6,8H,7H2,1-3H3/t8-/m0/s1. The molecule has 7 heteroatoms. The number of hydrogen-bond donors (Lipinski definition) is 0. The van der Waals surface area contributed by atoms with Gasteiger partial charge in [-0.15, -0.1) is 21.5 Å². The summed E-state index contributed by atoms with van der Waals surface area (Å²) in [7, 11) is 3.46. The molecule has 0 aliphatic rings. The molecule has 0 fully saturated rings. The molecule has 1 atom stereocenters. The van der Waals surface area contributed by atoms with Crippen LogP contribution in [0.5, 0.6) is 0 Å². The Hall–Kier alpha value is -1.34. The number of carbonyl (C=O) groups is 1. The second kappa shape index (κ2) is 6.21. The molecule has 0 unspecified atom stereocenters. The molecule has 0 aromatic carbocycles. The van der Waals surface area contributed by atoms with Crippen LogP contribution in [0, 0.1) is 0 Å². The van der Waals surface area contributed by atoms with Gasteiger partial charge in [-0.25, -0.2) is 0 Å². The molecule has 0 aliphatic carbocycles. The van der Waals surface area contributed by atoms with Gasteiger partial charge in [0.05, 0.1) is 11.7 Å².